The summed E-state index contributed by atoms with van der Waals surface area (Å²) in [6.07, 6.45) is 3.79. The molecule has 18 heavy (non-hydrogen) atoms. The van der Waals surface area contributed by atoms with Crippen molar-refractivity contribution in [2.24, 2.45) is 11.7 Å². The number of likely N-dealkylation sites (tertiary alicyclic amines) is 1. The van der Waals surface area contributed by atoms with Crippen molar-refractivity contribution in [3.63, 3.8) is 0 Å². The van der Waals surface area contributed by atoms with Crippen molar-refractivity contribution in [2.45, 2.75) is 32.2 Å². The quantitative estimate of drug-likeness (QED) is 0.908. The molecule has 0 spiro atoms. The molecule has 100 valence electrons. The highest BCUT2D eigenvalue weighted by molar-refractivity contribution is 6.30. The van der Waals surface area contributed by atoms with Crippen molar-refractivity contribution in [2.75, 3.05) is 19.6 Å². The molecule has 2 nitrogen and oxygen atoms in total. The Bertz CT molecular complexity index is 367. The molecular formula is C15H23ClN2. The van der Waals surface area contributed by atoms with Gasteiger partial charge < -0.3 is 5.73 Å². The summed E-state index contributed by atoms with van der Waals surface area (Å²) in [5.74, 6) is 0.547. The van der Waals surface area contributed by atoms with E-state index in [0.29, 0.717) is 12.0 Å². The molecule has 2 unspecified atom stereocenters. The fourth-order valence-corrected chi connectivity index (χ4v) is 3.29. The van der Waals surface area contributed by atoms with Crippen LogP contribution in [0.5, 0.6) is 0 Å². The Labute approximate surface area is 115 Å². The van der Waals surface area contributed by atoms with Gasteiger partial charge in [0.2, 0.25) is 0 Å². The van der Waals surface area contributed by atoms with Crippen LogP contribution in [0.2, 0.25) is 5.02 Å². The average molecular weight is 267 g/mol. The lowest BCUT2D eigenvalue weighted by Gasteiger charge is -2.34. The second-order valence-corrected chi connectivity index (χ2v) is 5.56. The maximum atomic E-state index is 6.14. The monoisotopic (exact) mass is 266 g/mol. The van der Waals surface area contributed by atoms with E-state index in [9.17, 15) is 0 Å². The summed E-state index contributed by atoms with van der Waals surface area (Å²) >= 11 is 6.14. The fraction of sp³-hybridized carbons (Fsp3) is 0.600. The zero-order valence-electron chi connectivity index (χ0n) is 11.1. The third kappa shape index (κ3) is 3.05. The molecule has 0 aromatic heterocycles. The van der Waals surface area contributed by atoms with Crippen molar-refractivity contribution >= 4 is 11.6 Å². The summed E-state index contributed by atoms with van der Waals surface area (Å²) in [5.41, 5.74) is 7.32. The zero-order valence-corrected chi connectivity index (χ0v) is 11.9. The van der Waals surface area contributed by atoms with E-state index in [0.717, 1.165) is 18.1 Å². The van der Waals surface area contributed by atoms with Gasteiger partial charge >= 0.3 is 0 Å². The van der Waals surface area contributed by atoms with Crippen LogP contribution in [-0.4, -0.2) is 24.5 Å². The van der Waals surface area contributed by atoms with E-state index in [4.69, 9.17) is 17.3 Å². The predicted molar refractivity (Wildman–Crippen MR) is 77.8 cm³/mol. The maximum absolute atomic E-state index is 6.14. The lowest BCUT2D eigenvalue weighted by atomic mass is 9.89. The van der Waals surface area contributed by atoms with Crippen LogP contribution in [0.15, 0.2) is 24.3 Å². The molecule has 1 aliphatic rings. The molecular weight excluding hydrogens is 244 g/mol. The van der Waals surface area contributed by atoms with E-state index in [1.807, 2.05) is 12.1 Å². The van der Waals surface area contributed by atoms with Crippen molar-refractivity contribution in [1.29, 1.82) is 0 Å². The lowest BCUT2D eigenvalue weighted by molar-refractivity contribution is 0.166. The summed E-state index contributed by atoms with van der Waals surface area (Å²) in [6, 6.07) is 8.70. The van der Waals surface area contributed by atoms with Gasteiger partial charge in [0.15, 0.2) is 0 Å². The van der Waals surface area contributed by atoms with Gasteiger partial charge in [0, 0.05) is 11.1 Å². The Morgan fingerprint density at radius 2 is 2.22 bits per heavy atom. The van der Waals surface area contributed by atoms with Crippen LogP contribution in [-0.2, 0) is 0 Å². The number of nitrogens with zero attached hydrogens (tertiary/aromatic N) is 1. The molecule has 1 saturated heterocycles. The highest BCUT2D eigenvalue weighted by Gasteiger charge is 2.29. The third-order valence-electron chi connectivity index (χ3n) is 4.01. The Balaban J connectivity index is 2.32. The number of halogens is 1. The van der Waals surface area contributed by atoms with Gasteiger partial charge in [-0.1, -0.05) is 37.1 Å². The number of hydrogen-bond donors (Lipinski definition) is 1. The van der Waals surface area contributed by atoms with E-state index in [-0.39, 0.29) is 0 Å². The van der Waals surface area contributed by atoms with E-state index in [1.165, 1.54) is 31.4 Å². The van der Waals surface area contributed by atoms with Gasteiger partial charge in [-0.25, -0.2) is 0 Å². The van der Waals surface area contributed by atoms with Gasteiger partial charge in [-0.05, 0) is 56.1 Å². The fourth-order valence-electron chi connectivity index (χ4n) is 3.09. The first kappa shape index (κ1) is 13.9. The van der Waals surface area contributed by atoms with Gasteiger partial charge in [-0.3, -0.25) is 4.90 Å². The average Bonchev–Trinajstić information content (AvgIpc) is 2.60. The Morgan fingerprint density at radius 1 is 1.39 bits per heavy atom. The van der Waals surface area contributed by atoms with Gasteiger partial charge in [0.1, 0.15) is 0 Å². The molecule has 1 aromatic rings. The van der Waals surface area contributed by atoms with Crippen molar-refractivity contribution < 1.29 is 0 Å². The Morgan fingerprint density at radius 3 is 2.89 bits per heavy atom. The number of nitrogens with two attached hydrogens (primary N) is 1. The summed E-state index contributed by atoms with van der Waals surface area (Å²) in [4.78, 5) is 2.55. The first-order valence-electron chi connectivity index (χ1n) is 6.95. The topological polar surface area (TPSA) is 29.3 Å². The minimum absolute atomic E-state index is 0.432. The van der Waals surface area contributed by atoms with Gasteiger partial charge in [0.25, 0.3) is 0 Å². The van der Waals surface area contributed by atoms with Gasteiger partial charge in [-0.2, -0.15) is 0 Å². The van der Waals surface area contributed by atoms with Gasteiger partial charge in [-0.15, -0.1) is 0 Å². The highest BCUT2D eigenvalue weighted by Crippen LogP contribution is 2.35. The van der Waals surface area contributed by atoms with Crippen LogP contribution < -0.4 is 5.73 Å². The number of benzene rings is 1. The Hall–Kier alpha value is -0.570. The van der Waals surface area contributed by atoms with Crippen molar-refractivity contribution in [3.05, 3.63) is 34.9 Å². The largest absolute Gasteiger partial charge is 0.330 e. The van der Waals surface area contributed by atoms with E-state index in [2.05, 4.69) is 24.0 Å². The SMILES string of the molecule is CCN1CCCCC(CN)C1c1cccc(Cl)c1. The smallest absolute Gasteiger partial charge is 0.0409 e. The van der Waals surface area contributed by atoms with Crippen LogP contribution in [0.25, 0.3) is 0 Å². The second kappa shape index (κ2) is 6.55. The third-order valence-corrected chi connectivity index (χ3v) is 4.24. The minimum Gasteiger partial charge on any atom is -0.330 e. The Kier molecular flexibility index (Phi) is 5.04. The summed E-state index contributed by atoms with van der Waals surface area (Å²) in [6.45, 7) is 5.24. The number of hydrogen-bond acceptors (Lipinski definition) is 2. The summed E-state index contributed by atoms with van der Waals surface area (Å²) in [7, 11) is 0. The second-order valence-electron chi connectivity index (χ2n) is 5.12. The highest BCUT2D eigenvalue weighted by atomic mass is 35.5. The van der Waals surface area contributed by atoms with Gasteiger partial charge in [0.05, 0.1) is 0 Å². The first-order valence-corrected chi connectivity index (χ1v) is 7.33. The molecule has 0 bridgehead atoms. The van der Waals surface area contributed by atoms with Crippen LogP contribution in [0.4, 0.5) is 0 Å². The van der Waals surface area contributed by atoms with Crippen LogP contribution in [0.3, 0.4) is 0 Å². The summed E-state index contributed by atoms with van der Waals surface area (Å²) < 4.78 is 0. The van der Waals surface area contributed by atoms with E-state index >= 15 is 0 Å². The van der Waals surface area contributed by atoms with Crippen LogP contribution >= 0.6 is 11.6 Å². The molecule has 0 aliphatic carbocycles. The van der Waals surface area contributed by atoms with Crippen LogP contribution in [0.1, 0.15) is 37.8 Å². The molecule has 0 radical (unpaired) electrons. The molecule has 2 atom stereocenters. The van der Waals surface area contributed by atoms with E-state index < -0.39 is 0 Å². The lowest BCUT2D eigenvalue weighted by Crippen LogP contribution is -2.35. The number of rotatable bonds is 3. The van der Waals surface area contributed by atoms with Crippen molar-refractivity contribution in [3.8, 4) is 0 Å². The predicted octanol–water partition coefficient (Wildman–Crippen LogP) is 3.46. The molecule has 2 N–H and O–H groups in total. The molecule has 0 amide bonds. The molecule has 1 heterocycles. The zero-order chi connectivity index (χ0) is 13.0. The molecule has 3 heteroatoms. The first-order chi connectivity index (χ1) is 8.76. The molecule has 1 aliphatic heterocycles. The summed E-state index contributed by atoms with van der Waals surface area (Å²) in [5, 5.41) is 0.823. The van der Waals surface area contributed by atoms with E-state index in [1.54, 1.807) is 0 Å². The van der Waals surface area contributed by atoms with Crippen molar-refractivity contribution in [1.82, 2.24) is 4.90 Å². The minimum atomic E-state index is 0.432. The standard InChI is InChI=1S/C15H23ClN2/c1-2-18-9-4-3-6-13(11-17)15(18)12-7-5-8-14(16)10-12/h5,7-8,10,13,15H,2-4,6,9,11,17H2,1H3. The molecule has 2 rings (SSSR count). The van der Waals surface area contributed by atoms with Crippen LogP contribution in [0, 0.1) is 5.92 Å². The molecule has 0 saturated carbocycles. The maximum Gasteiger partial charge on any atom is 0.0409 e. The normalized spacial score (nSPS) is 25.9. The molecule has 1 fully saturated rings. The molecule has 1 aromatic carbocycles.